The second-order valence-corrected chi connectivity index (χ2v) is 16.4. The van der Waals surface area contributed by atoms with Crippen molar-refractivity contribution in [2.45, 2.75) is 5.41 Å². The number of furan rings is 1. The topological polar surface area (TPSA) is 48.2 Å². The molecule has 13 rings (SSSR count). The molecule has 63 heavy (non-hydrogen) atoms. The normalized spacial score (nSPS) is 13.0. The molecule has 1 aliphatic carbocycles. The predicted molar refractivity (Wildman–Crippen MR) is 254 cm³/mol. The summed E-state index contributed by atoms with van der Waals surface area (Å²) in [5.41, 5.74) is 17.4. The SMILES string of the molecule is c1ccc(-c2nc(-c3ccc(-c4cccc5c4oc4ccccc45)cc3)cc(-c3cccc(-c4cccc5c4Oc4ccccc4C54c5ccccc5-c5ccccc54)c3)n2)cc1. The van der Waals surface area contributed by atoms with E-state index in [0.717, 1.165) is 94.9 Å². The number of hydrogen-bond acceptors (Lipinski definition) is 4. The van der Waals surface area contributed by atoms with Gasteiger partial charge in [0.15, 0.2) is 5.82 Å². The third-order valence-electron chi connectivity index (χ3n) is 13.0. The summed E-state index contributed by atoms with van der Waals surface area (Å²) < 4.78 is 13.4. The molecule has 4 nitrogen and oxygen atoms in total. The zero-order valence-corrected chi connectivity index (χ0v) is 34.0. The summed E-state index contributed by atoms with van der Waals surface area (Å²) in [6.07, 6.45) is 0. The third-order valence-corrected chi connectivity index (χ3v) is 13.0. The minimum Gasteiger partial charge on any atom is -0.456 e. The fourth-order valence-electron chi connectivity index (χ4n) is 10.2. The van der Waals surface area contributed by atoms with Crippen molar-refractivity contribution in [3.05, 3.63) is 241 Å². The van der Waals surface area contributed by atoms with Crippen LogP contribution in [0.4, 0.5) is 0 Å². The Labute approximate surface area is 364 Å². The second-order valence-electron chi connectivity index (χ2n) is 16.4. The lowest BCUT2D eigenvalue weighted by Gasteiger charge is -2.40. The minimum absolute atomic E-state index is 0.536. The van der Waals surface area contributed by atoms with Crippen molar-refractivity contribution < 1.29 is 9.15 Å². The van der Waals surface area contributed by atoms with E-state index in [0.29, 0.717) is 5.82 Å². The molecule has 0 N–H and O–H groups in total. The maximum Gasteiger partial charge on any atom is 0.160 e. The lowest BCUT2D eigenvalue weighted by Crippen LogP contribution is -2.32. The van der Waals surface area contributed by atoms with Crippen LogP contribution in [0.2, 0.25) is 0 Å². The highest BCUT2D eigenvalue weighted by Gasteiger charge is 2.51. The molecule has 0 bridgehead atoms. The summed E-state index contributed by atoms with van der Waals surface area (Å²) in [4.78, 5) is 10.4. The number of ether oxygens (including phenoxy) is 1. The summed E-state index contributed by atoms with van der Waals surface area (Å²) in [5, 5.41) is 2.24. The Morgan fingerprint density at radius 3 is 1.71 bits per heavy atom. The van der Waals surface area contributed by atoms with Gasteiger partial charge in [0, 0.05) is 49.7 Å². The molecule has 9 aromatic carbocycles. The van der Waals surface area contributed by atoms with Crippen LogP contribution < -0.4 is 4.74 Å². The van der Waals surface area contributed by atoms with E-state index in [9.17, 15) is 0 Å². The Morgan fingerprint density at radius 1 is 0.349 bits per heavy atom. The van der Waals surface area contributed by atoms with Crippen molar-refractivity contribution >= 4 is 21.9 Å². The van der Waals surface area contributed by atoms with Gasteiger partial charge in [0.05, 0.1) is 16.8 Å². The van der Waals surface area contributed by atoms with Crippen LogP contribution in [0.3, 0.4) is 0 Å². The van der Waals surface area contributed by atoms with E-state index in [1.165, 1.54) is 22.3 Å². The van der Waals surface area contributed by atoms with Crippen molar-refractivity contribution in [1.82, 2.24) is 9.97 Å². The van der Waals surface area contributed by atoms with Crippen LogP contribution in [0.1, 0.15) is 22.3 Å². The fourth-order valence-corrected chi connectivity index (χ4v) is 10.2. The van der Waals surface area contributed by atoms with Gasteiger partial charge in [-0.25, -0.2) is 9.97 Å². The van der Waals surface area contributed by atoms with E-state index in [2.05, 4.69) is 188 Å². The van der Waals surface area contributed by atoms with Crippen LogP contribution in [0, 0.1) is 0 Å². The highest BCUT2D eigenvalue weighted by Crippen LogP contribution is 2.63. The Bertz CT molecular complexity index is 3560. The zero-order valence-electron chi connectivity index (χ0n) is 34.0. The standard InChI is InChI=1S/C59H36N2O2/c1-2-15-39(16-3-1)58-60-52(38-33-31-37(32-34-38)42-22-13-24-47-46-21-6-10-29-54(46)62-56(42)47)36-53(61-58)41-18-12-17-40(35-41)43-23-14-28-51-57(43)63-55-30-11-9-27-50(55)59(51)48-25-7-4-19-44(48)45-20-5-8-26-49(45)59/h1-36H. The number of nitrogens with zero attached hydrogens (tertiary/aromatic N) is 2. The molecule has 0 unspecified atom stereocenters. The first-order valence-corrected chi connectivity index (χ1v) is 21.4. The van der Waals surface area contributed by atoms with Gasteiger partial charge in [-0.15, -0.1) is 0 Å². The van der Waals surface area contributed by atoms with Crippen molar-refractivity contribution in [3.8, 4) is 78.8 Å². The molecule has 0 fully saturated rings. The van der Waals surface area contributed by atoms with Gasteiger partial charge < -0.3 is 9.15 Å². The van der Waals surface area contributed by atoms with Crippen LogP contribution in [0.15, 0.2) is 223 Å². The Balaban J connectivity index is 0.939. The molecule has 1 aliphatic heterocycles. The molecule has 2 aliphatic rings. The van der Waals surface area contributed by atoms with Crippen LogP contribution in [0.25, 0.3) is 89.2 Å². The van der Waals surface area contributed by atoms with E-state index < -0.39 is 5.41 Å². The molecule has 294 valence electrons. The van der Waals surface area contributed by atoms with E-state index in [4.69, 9.17) is 19.1 Å². The maximum atomic E-state index is 7.03. The van der Waals surface area contributed by atoms with Crippen molar-refractivity contribution in [3.63, 3.8) is 0 Å². The fraction of sp³-hybridized carbons (Fsp3) is 0.0169. The average molecular weight is 805 g/mol. The molecule has 1 spiro atoms. The Morgan fingerprint density at radius 2 is 0.905 bits per heavy atom. The first-order valence-electron chi connectivity index (χ1n) is 21.4. The zero-order chi connectivity index (χ0) is 41.5. The average Bonchev–Trinajstić information content (AvgIpc) is 3.88. The van der Waals surface area contributed by atoms with Crippen molar-refractivity contribution in [2.75, 3.05) is 0 Å². The number of hydrogen-bond donors (Lipinski definition) is 0. The molecule has 4 heteroatoms. The molecule has 0 saturated heterocycles. The molecule has 3 heterocycles. The highest BCUT2D eigenvalue weighted by atomic mass is 16.5. The van der Waals surface area contributed by atoms with Gasteiger partial charge in [0.2, 0.25) is 0 Å². The van der Waals surface area contributed by atoms with Gasteiger partial charge in [0.25, 0.3) is 0 Å². The molecular formula is C59H36N2O2. The van der Waals surface area contributed by atoms with Crippen molar-refractivity contribution in [1.29, 1.82) is 0 Å². The van der Waals surface area contributed by atoms with Crippen LogP contribution in [0.5, 0.6) is 11.5 Å². The molecule has 11 aromatic rings. The number of benzene rings is 9. The number of fused-ring (bicyclic) bond motifs is 12. The summed E-state index contributed by atoms with van der Waals surface area (Å²) in [6.45, 7) is 0. The molecule has 0 atom stereocenters. The third kappa shape index (κ3) is 5.35. The van der Waals surface area contributed by atoms with Gasteiger partial charge in [-0.2, -0.15) is 0 Å². The molecule has 0 saturated carbocycles. The van der Waals surface area contributed by atoms with Gasteiger partial charge in [-0.1, -0.05) is 194 Å². The monoisotopic (exact) mass is 804 g/mol. The summed E-state index contributed by atoms with van der Waals surface area (Å²) in [6, 6.07) is 77.0. The molecule has 0 radical (unpaired) electrons. The van der Waals surface area contributed by atoms with Gasteiger partial charge in [0.1, 0.15) is 22.7 Å². The molecule has 0 amide bonds. The maximum absolute atomic E-state index is 7.03. The first kappa shape index (κ1) is 35.4. The van der Waals surface area contributed by atoms with E-state index in [1.807, 2.05) is 30.3 Å². The summed E-state index contributed by atoms with van der Waals surface area (Å²) >= 11 is 0. The number of rotatable bonds is 5. The van der Waals surface area contributed by atoms with E-state index in [1.54, 1.807) is 0 Å². The van der Waals surface area contributed by atoms with Crippen LogP contribution in [-0.2, 0) is 5.41 Å². The lowest BCUT2D eigenvalue weighted by atomic mass is 9.65. The molecular weight excluding hydrogens is 769 g/mol. The van der Waals surface area contributed by atoms with Gasteiger partial charge in [-0.05, 0) is 57.6 Å². The summed E-state index contributed by atoms with van der Waals surface area (Å²) in [5.74, 6) is 2.40. The largest absolute Gasteiger partial charge is 0.456 e. The highest BCUT2D eigenvalue weighted by molar-refractivity contribution is 6.09. The Kier molecular flexibility index (Phi) is 7.79. The van der Waals surface area contributed by atoms with Crippen LogP contribution in [-0.4, -0.2) is 9.97 Å². The molecule has 2 aromatic heterocycles. The van der Waals surface area contributed by atoms with Gasteiger partial charge in [-0.3, -0.25) is 0 Å². The van der Waals surface area contributed by atoms with Crippen LogP contribution >= 0.6 is 0 Å². The van der Waals surface area contributed by atoms with Gasteiger partial charge >= 0.3 is 0 Å². The summed E-state index contributed by atoms with van der Waals surface area (Å²) in [7, 11) is 0. The number of para-hydroxylation sites is 4. The Hall–Kier alpha value is -8.34. The quantitative estimate of drug-likeness (QED) is 0.174. The second kappa shape index (κ2) is 13.8. The smallest absolute Gasteiger partial charge is 0.160 e. The number of aromatic nitrogens is 2. The first-order chi connectivity index (χ1) is 31.2. The van der Waals surface area contributed by atoms with Crippen molar-refractivity contribution in [2.24, 2.45) is 0 Å². The lowest BCUT2D eigenvalue weighted by molar-refractivity contribution is 0.438. The van der Waals surface area contributed by atoms with E-state index in [-0.39, 0.29) is 0 Å². The minimum atomic E-state index is -0.536. The predicted octanol–water partition coefficient (Wildman–Crippen LogP) is 15.2. The van der Waals surface area contributed by atoms with E-state index >= 15 is 0 Å².